The van der Waals surface area contributed by atoms with Gasteiger partial charge in [-0.05, 0) is 37.6 Å². The Hall–Kier alpha value is -3.45. The van der Waals surface area contributed by atoms with Crippen LogP contribution >= 0.6 is 0 Å². The van der Waals surface area contributed by atoms with Crippen molar-refractivity contribution in [2.75, 3.05) is 0 Å². The highest BCUT2D eigenvalue weighted by Gasteiger charge is 2.34. The molecule has 4 aromatic rings. The van der Waals surface area contributed by atoms with Gasteiger partial charge in [0.25, 0.3) is 5.69 Å². The molecule has 4 rings (SSSR count). The Morgan fingerprint density at radius 3 is 2.17 bits per heavy atom. The van der Waals surface area contributed by atoms with Crippen molar-refractivity contribution >= 4 is 26.4 Å². The average Bonchev–Trinajstić information content (AvgIpc) is 3.04. The first-order chi connectivity index (χ1) is 14.3. The normalized spacial score (nSPS) is 12.7. The fraction of sp³-hybridized carbons (Fsp3) is 0.130. The zero-order chi connectivity index (χ0) is 21.5. The number of benzene rings is 3. The van der Waals surface area contributed by atoms with Gasteiger partial charge in [-0.3, -0.25) is 10.1 Å². The Kier molecular flexibility index (Phi) is 4.91. The molecule has 0 amide bonds. The fourth-order valence-electron chi connectivity index (χ4n) is 3.77. The molecular formula is C23H20N2O4S. The van der Waals surface area contributed by atoms with Crippen molar-refractivity contribution in [3.05, 3.63) is 105 Å². The molecule has 0 aliphatic heterocycles. The highest BCUT2D eigenvalue weighted by Crippen LogP contribution is 2.40. The smallest absolute Gasteiger partial charge is 0.269 e. The average molecular weight is 420 g/mol. The Labute approximate surface area is 174 Å². The van der Waals surface area contributed by atoms with E-state index in [0.29, 0.717) is 11.1 Å². The predicted octanol–water partition coefficient (Wildman–Crippen LogP) is 5.26. The van der Waals surface area contributed by atoms with E-state index in [1.165, 1.54) is 24.3 Å². The third kappa shape index (κ3) is 3.37. The second-order valence-corrected chi connectivity index (χ2v) is 9.33. The zero-order valence-corrected chi connectivity index (χ0v) is 17.3. The van der Waals surface area contributed by atoms with Gasteiger partial charge < -0.3 is 4.98 Å². The molecule has 152 valence electrons. The maximum absolute atomic E-state index is 13.8. The number of rotatable bonds is 5. The van der Waals surface area contributed by atoms with Crippen LogP contribution in [0, 0.1) is 24.0 Å². The summed E-state index contributed by atoms with van der Waals surface area (Å²) in [6.07, 6.45) is 0. The zero-order valence-electron chi connectivity index (χ0n) is 16.5. The summed E-state index contributed by atoms with van der Waals surface area (Å²) in [4.78, 5) is 14.1. The monoisotopic (exact) mass is 420 g/mol. The summed E-state index contributed by atoms with van der Waals surface area (Å²) in [5, 5.41) is 10.9. The molecule has 0 aliphatic carbocycles. The van der Waals surface area contributed by atoms with Gasteiger partial charge in [0, 0.05) is 34.3 Å². The van der Waals surface area contributed by atoms with Crippen LogP contribution in [0.1, 0.15) is 27.6 Å². The van der Waals surface area contributed by atoms with E-state index >= 15 is 0 Å². The van der Waals surface area contributed by atoms with Crippen molar-refractivity contribution in [3.8, 4) is 0 Å². The number of hydrogen-bond donors (Lipinski definition) is 1. The summed E-state index contributed by atoms with van der Waals surface area (Å²) in [7, 11) is -3.83. The number of sulfone groups is 1. The van der Waals surface area contributed by atoms with E-state index in [9.17, 15) is 18.5 Å². The van der Waals surface area contributed by atoms with Crippen LogP contribution in [-0.2, 0) is 9.84 Å². The molecule has 6 nitrogen and oxygen atoms in total. The minimum absolute atomic E-state index is 0.0825. The molecule has 0 saturated heterocycles. The lowest BCUT2D eigenvalue weighted by Gasteiger charge is -2.19. The number of aromatic amines is 1. The van der Waals surface area contributed by atoms with Gasteiger partial charge in [0.1, 0.15) is 5.25 Å². The lowest BCUT2D eigenvalue weighted by Crippen LogP contribution is -2.16. The van der Waals surface area contributed by atoms with Crippen molar-refractivity contribution in [2.45, 2.75) is 24.0 Å². The standard InChI is InChI=1S/C23H20N2O4S/c1-15-7-13-19(14-8-15)30(28,29)23(17-9-11-18(12-10-17)25(26)27)22-16(2)24-21-6-4-3-5-20(21)22/h3-14,23-24H,1-2H3. The first kappa shape index (κ1) is 19.8. The molecule has 1 unspecified atom stereocenters. The van der Waals surface area contributed by atoms with E-state index in [4.69, 9.17) is 0 Å². The van der Waals surface area contributed by atoms with Crippen molar-refractivity contribution in [2.24, 2.45) is 0 Å². The number of hydrogen-bond acceptors (Lipinski definition) is 4. The van der Waals surface area contributed by atoms with Crippen LogP contribution in [0.15, 0.2) is 77.7 Å². The fourth-order valence-corrected chi connectivity index (χ4v) is 5.69. The SMILES string of the molecule is Cc1ccc(S(=O)(=O)C(c2ccc([N+](=O)[O-])cc2)c2c(C)[nH]c3ccccc23)cc1. The molecule has 30 heavy (non-hydrogen) atoms. The van der Waals surface area contributed by atoms with Crippen LogP contribution in [-0.4, -0.2) is 18.3 Å². The number of nitrogens with zero attached hydrogens (tertiary/aromatic N) is 1. The molecule has 1 aromatic heterocycles. The molecule has 0 spiro atoms. The molecule has 0 saturated carbocycles. The first-order valence-corrected chi connectivity index (χ1v) is 11.0. The number of non-ortho nitro benzene ring substituents is 1. The van der Waals surface area contributed by atoms with Gasteiger partial charge in [0.05, 0.1) is 9.82 Å². The molecule has 3 aromatic carbocycles. The van der Waals surface area contributed by atoms with Gasteiger partial charge in [-0.1, -0.05) is 48.0 Å². The number of nitro groups is 1. The summed E-state index contributed by atoms with van der Waals surface area (Å²) in [6.45, 7) is 3.74. The third-order valence-corrected chi connectivity index (χ3v) is 7.33. The van der Waals surface area contributed by atoms with E-state index in [1.54, 1.807) is 24.3 Å². The second kappa shape index (κ2) is 7.42. The van der Waals surface area contributed by atoms with Crippen LogP contribution in [0.2, 0.25) is 0 Å². The van der Waals surface area contributed by atoms with Crippen LogP contribution in [0.5, 0.6) is 0 Å². The molecule has 1 N–H and O–H groups in total. The van der Waals surface area contributed by atoms with Crippen LogP contribution < -0.4 is 0 Å². The topological polar surface area (TPSA) is 93.1 Å². The van der Waals surface area contributed by atoms with E-state index in [2.05, 4.69) is 4.98 Å². The third-order valence-electron chi connectivity index (χ3n) is 5.27. The number of para-hydroxylation sites is 1. The van der Waals surface area contributed by atoms with E-state index in [1.807, 2.05) is 38.1 Å². The van der Waals surface area contributed by atoms with Crippen molar-refractivity contribution in [1.29, 1.82) is 0 Å². The lowest BCUT2D eigenvalue weighted by atomic mass is 10.0. The van der Waals surface area contributed by atoms with Crippen LogP contribution in [0.3, 0.4) is 0 Å². The molecule has 1 heterocycles. The number of aromatic nitrogens is 1. The maximum Gasteiger partial charge on any atom is 0.269 e. The molecule has 0 bridgehead atoms. The van der Waals surface area contributed by atoms with Crippen molar-refractivity contribution in [1.82, 2.24) is 4.98 Å². The minimum atomic E-state index is -3.83. The number of nitrogens with one attached hydrogen (secondary N) is 1. The highest BCUT2D eigenvalue weighted by molar-refractivity contribution is 7.92. The number of fused-ring (bicyclic) bond motifs is 1. The lowest BCUT2D eigenvalue weighted by molar-refractivity contribution is -0.384. The van der Waals surface area contributed by atoms with Gasteiger partial charge in [-0.2, -0.15) is 0 Å². The molecular weight excluding hydrogens is 400 g/mol. The Bertz CT molecular complexity index is 1340. The molecule has 1 atom stereocenters. The van der Waals surface area contributed by atoms with E-state index in [0.717, 1.165) is 22.2 Å². The van der Waals surface area contributed by atoms with Crippen molar-refractivity contribution < 1.29 is 13.3 Å². The molecule has 0 fully saturated rings. The Morgan fingerprint density at radius 2 is 1.53 bits per heavy atom. The Morgan fingerprint density at radius 1 is 0.900 bits per heavy atom. The number of H-pyrrole nitrogens is 1. The predicted molar refractivity (Wildman–Crippen MR) is 116 cm³/mol. The molecule has 7 heteroatoms. The van der Waals surface area contributed by atoms with E-state index in [-0.39, 0.29) is 10.6 Å². The number of nitro benzene ring substituents is 1. The van der Waals surface area contributed by atoms with Gasteiger partial charge in [-0.15, -0.1) is 0 Å². The quantitative estimate of drug-likeness (QED) is 0.352. The Balaban J connectivity index is 1.99. The van der Waals surface area contributed by atoms with E-state index < -0.39 is 20.0 Å². The van der Waals surface area contributed by atoms with Gasteiger partial charge in [0.2, 0.25) is 0 Å². The minimum Gasteiger partial charge on any atom is -0.358 e. The largest absolute Gasteiger partial charge is 0.358 e. The van der Waals surface area contributed by atoms with Crippen LogP contribution in [0.4, 0.5) is 5.69 Å². The summed E-state index contributed by atoms with van der Waals surface area (Å²) in [6, 6.07) is 20.0. The second-order valence-electron chi connectivity index (χ2n) is 7.30. The maximum atomic E-state index is 13.8. The summed E-state index contributed by atoms with van der Waals surface area (Å²) in [5.41, 5.74) is 3.60. The molecule has 0 radical (unpaired) electrons. The van der Waals surface area contributed by atoms with Crippen LogP contribution in [0.25, 0.3) is 10.9 Å². The highest BCUT2D eigenvalue weighted by atomic mass is 32.2. The molecule has 0 aliphatic rings. The number of aryl methyl sites for hydroxylation is 2. The summed E-state index contributed by atoms with van der Waals surface area (Å²) in [5.74, 6) is 0. The van der Waals surface area contributed by atoms with Gasteiger partial charge in [-0.25, -0.2) is 8.42 Å². The van der Waals surface area contributed by atoms with Crippen molar-refractivity contribution in [3.63, 3.8) is 0 Å². The first-order valence-electron chi connectivity index (χ1n) is 9.41. The summed E-state index contributed by atoms with van der Waals surface area (Å²) < 4.78 is 27.6. The van der Waals surface area contributed by atoms with Gasteiger partial charge >= 0.3 is 0 Å². The summed E-state index contributed by atoms with van der Waals surface area (Å²) >= 11 is 0. The van der Waals surface area contributed by atoms with Gasteiger partial charge in [0.15, 0.2) is 9.84 Å².